The minimum Gasteiger partial charge on any atom is -0.453 e. The van der Waals surface area contributed by atoms with Crippen LogP contribution in [0.3, 0.4) is 0 Å². The molecule has 9 heavy (non-hydrogen) atoms. The average Bonchev–Trinajstić information content (AvgIpc) is 1.91. The lowest BCUT2D eigenvalue weighted by Crippen LogP contribution is -2.20. The summed E-state index contributed by atoms with van der Waals surface area (Å²) < 4.78 is 4.30. The normalized spacial score (nSPS) is 6.78. The molecule has 0 bridgehead atoms. The zero-order chi connectivity index (χ0) is 7.86. The molecule has 0 fully saturated rings. The lowest BCUT2D eigenvalue weighted by molar-refractivity contribution is 0.141. The van der Waals surface area contributed by atoms with E-state index in [4.69, 9.17) is 5.11 Å². The highest BCUT2D eigenvalue weighted by atomic mass is 16.5. The molecule has 0 unspecified atom stereocenters. The van der Waals surface area contributed by atoms with Crippen LogP contribution in [0.2, 0.25) is 0 Å². The second kappa shape index (κ2) is 7.23. The Bertz CT molecular complexity index is 72.6. The molecule has 0 aromatic carbocycles. The number of hydrogen-bond acceptors (Lipinski definition) is 2. The van der Waals surface area contributed by atoms with Crippen molar-refractivity contribution in [2.24, 2.45) is 0 Å². The Morgan fingerprint density at radius 2 is 1.67 bits per heavy atom. The Balaban J connectivity index is 0. The molecule has 4 nitrogen and oxygen atoms in total. The molecule has 0 saturated heterocycles. The van der Waals surface area contributed by atoms with E-state index in [0.717, 1.165) is 7.11 Å². The second-order valence-corrected chi connectivity index (χ2v) is 1.36. The number of methoxy groups -OCH3 is 1. The van der Waals surface area contributed by atoms with Crippen molar-refractivity contribution < 1.29 is 14.6 Å². The molecule has 0 aliphatic rings. The highest BCUT2D eigenvalue weighted by Gasteiger charge is 1.97. The second-order valence-electron chi connectivity index (χ2n) is 1.36. The highest BCUT2D eigenvalue weighted by Crippen LogP contribution is 1.78. The molecule has 0 atom stereocenters. The molecule has 55 valence electrons. The van der Waals surface area contributed by atoms with Crippen LogP contribution in [0.25, 0.3) is 0 Å². The highest BCUT2D eigenvalue weighted by molar-refractivity contribution is 5.66. The fourth-order valence-electron chi connectivity index (χ4n) is 0.183. The molecule has 1 radical (unpaired) electrons. The van der Waals surface area contributed by atoms with Crippen molar-refractivity contribution >= 4 is 6.09 Å². The molecule has 1 amide bonds. The van der Waals surface area contributed by atoms with Gasteiger partial charge in [-0.25, -0.2) is 9.90 Å². The molecule has 0 aliphatic heterocycles. The van der Waals surface area contributed by atoms with Crippen LogP contribution in [0, 0.1) is 0 Å². The third-order valence-corrected chi connectivity index (χ3v) is 0.540. The van der Waals surface area contributed by atoms with Gasteiger partial charge in [-0.2, -0.15) is 0 Å². The summed E-state index contributed by atoms with van der Waals surface area (Å²) >= 11 is 0. The minimum atomic E-state index is -0.319. The quantitative estimate of drug-likeness (QED) is 0.480. The maximum Gasteiger partial charge on any atom is 0.408 e. The summed E-state index contributed by atoms with van der Waals surface area (Å²) in [5.41, 5.74) is 0. The zero-order valence-electron chi connectivity index (χ0n) is 6.17. The number of hydrogen-bond donors (Lipinski definition) is 0. The molecule has 0 aromatic rings. The third kappa shape index (κ3) is 7.23. The van der Waals surface area contributed by atoms with Gasteiger partial charge in [0.1, 0.15) is 0 Å². The molecule has 4 heteroatoms. The summed E-state index contributed by atoms with van der Waals surface area (Å²) in [6.45, 7) is 0. The Morgan fingerprint density at radius 1 is 1.33 bits per heavy atom. The van der Waals surface area contributed by atoms with E-state index >= 15 is 0 Å². The van der Waals surface area contributed by atoms with Crippen LogP contribution in [0.5, 0.6) is 0 Å². The third-order valence-electron chi connectivity index (χ3n) is 0.540. The van der Waals surface area contributed by atoms with Gasteiger partial charge in [0.25, 0.3) is 0 Å². The van der Waals surface area contributed by atoms with Crippen LogP contribution in [-0.2, 0) is 9.84 Å². The van der Waals surface area contributed by atoms with E-state index in [-0.39, 0.29) is 6.09 Å². The van der Waals surface area contributed by atoms with E-state index < -0.39 is 0 Å². The van der Waals surface area contributed by atoms with E-state index in [9.17, 15) is 4.79 Å². The van der Waals surface area contributed by atoms with E-state index in [1.165, 1.54) is 12.0 Å². The summed E-state index contributed by atoms with van der Waals surface area (Å²) in [5, 5.41) is 8.25. The Kier molecular flexibility index (Phi) is 8.90. The molecule has 0 saturated carbocycles. The monoisotopic (exact) mass is 134 g/mol. The molecule has 0 spiro atoms. The van der Waals surface area contributed by atoms with Crippen molar-refractivity contribution in [3.8, 4) is 0 Å². The van der Waals surface area contributed by atoms with Gasteiger partial charge in [-0.05, 0) is 0 Å². The van der Waals surface area contributed by atoms with Crippen molar-refractivity contribution in [1.29, 1.82) is 0 Å². The first-order valence-corrected chi connectivity index (χ1v) is 2.34. The van der Waals surface area contributed by atoms with Crippen molar-refractivity contribution in [2.75, 3.05) is 28.3 Å². The van der Waals surface area contributed by atoms with Crippen LogP contribution >= 0.6 is 0 Å². The van der Waals surface area contributed by atoms with Gasteiger partial charge in [0.05, 0.1) is 14.2 Å². The predicted octanol–water partition coefficient (Wildman–Crippen LogP) is 0.361. The van der Waals surface area contributed by atoms with E-state index in [2.05, 4.69) is 4.74 Å². The molecule has 0 N–H and O–H groups in total. The fraction of sp³-hybridized carbons (Fsp3) is 0.800. The van der Waals surface area contributed by atoms with Gasteiger partial charge in [-0.1, -0.05) is 0 Å². The van der Waals surface area contributed by atoms with Crippen molar-refractivity contribution in [3.63, 3.8) is 0 Å². The van der Waals surface area contributed by atoms with Gasteiger partial charge in [-0.3, -0.25) is 0 Å². The SMILES string of the molecule is COC(=O)N(C)C.C[O]. The van der Waals surface area contributed by atoms with Gasteiger partial charge in [0, 0.05) is 14.1 Å². The number of ether oxygens (including phenoxy) is 1. The summed E-state index contributed by atoms with van der Waals surface area (Å²) in [7, 11) is 5.36. The largest absolute Gasteiger partial charge is 0.453 e. The number of amides is 1. The first-order chi connectivity index (χ1) is 4.18. The van der Waals surface area contributed by atoms with Crippen molar-refractivity contribution in [3.05, 3.63) is 0 Å². The molecular formula is C5H12NO3. The maximum absolute atomic E-state index is 10.2. The predicted molar refractivity (Wildman–Crippen MR) is 32.7 cm³/mol. The molecular weight excluding hydrogens is 122 g/mol. The number of rotatable bonds is 0. The summed E-state index contributed by atoms with van der Waals surface area (Å²) in [5.74, 6) is 0. The number of carbonyl (C=O) groups excluding carboxylic acids is 1. The molecule has 0 aromatic heterocycles. The lowest BCUT2D eigenvalue weighted by Gasteiger charge is -2.05. The van der Waals surface area contributed by atoms with Crippen LogP contribution in [-0.4, -0.2) is 39.3 Å². The molecule has 0 heterocycles. The van der Waals surface area contributed by atoms with Gasteiger partial charge in [0.2, 0.25) is 0 Å². The summed E-state index contributed by atoms with van der Waals surface area (Å²) in [6.07, 6.45) is -0.319. The topological polar surface area (TPSA) is 49.4 Å². The molecule has 0 aliphatic carbocycles. The number of nitrogens with zero attached hydrogens (tertiary/aromatic N) is 1. The lowest BCUT2D eigenvalue weighted by atomic mass is 10.9. The van der Waals surface area contributed by atoms with E-state index in [0.29, 0.717) is 0 Å². The van der Waals surface area contributed by atoms with Crippen molar-refractivity contribution in [2.45, 2.75) is 0 Å². The summed E-state index contributed by atoms with van der Waals surface area (Å²) in [4.78, 5) is 11.6. The van der Waals surface area contributed by atoms with Gasteiger partial charge >= 0.3 is 6.09 Å². The van der Waals surface area contributed by atoms with Gasteiger partial charge in [-0.15, -0.1) is 0 Å². The van der Waals surface area contributed by atoms with Crippen LogP contribution < -0.4 is 0 Å². The fourth-order valence-corrected chi connectivity index (χ4v) is 0.183. The van der Waals surface area contributed by atoms with E-state index in [1.54, 1.807) is 14.1 Å². The number of carbonyl (C=O) groups is 1. The minimum absolute atomic E-state index is 0.319. The summed E-state index contributed by atoms with van der Waals surface area (Å²) in [6, 6.07) is 0. The Morgan fingerprint density at radius 3 is 1.67 bits per heavy atom. The van der Waals surface area contributed by atoms with Crippen LogP contribution in [0.15, 0.2) is 0 Å². The van der Waals surface area contributed by atoms with Crippen LogP contribution in [0.1, 0.15) is 0 Å². The first kappa shape index (κ1) is 11.1. The smallest absolute Gasteiger partial charge is 0.408 e. The van der Waals surface area contributed by atoms with Gasteiger partial charge < -0.3 is 9.64 Å². The van der Waals surface area contributed by atoms with Gasteiger partial charge in [0.15, 0.2) is 0 Å². The standard InChI is InChI=1S/C4H9NO2.CH3O/c1-5(2)4(6)7-3;1-2/h1-3H3;1H3. The van der Waals surface area contributed by atoms with E-state index in [1.807, 2.05) is 0 Å². The Labute approximate surface area is 55.0 Å². The average molecular weight is 134 g/mol. The first-order valence-electron chi connectivity index (χ1n) is 2.34. The van der Waals surface area contributed by atoms with Crippen molar-refractivity contribution in [1.82, 2.24) is 4.90 Å². The molecule has 0 rings (SSSR count). The zero-order valence-corrected chi connectivity index (χ0v) is 6.17. The van der Waals surface area contributed by atoms with Crippen LogP contribution in [0.4, 0.5) is 4.79 Å². The Hall–Kier alpha value is -0.770. The maximum atomic E-state index is 10.2.